The van der Waals surface area contributed by atoms with Crippen LogP contribution < -0.4 is 5.32 Å². The summed E-state index contributed by atoms with van der Waals surface area (Å²) in [4.78, 5) is 15.6. The summed E-state index contributed by atoms with van der Waals surface area (Å²) in [6.45, 7) is 0.663. The lowest BCUT2D eigenvalue weighted by Crippen LogP contribution is -2.32. The lowest BCUT2D eigenvalue weighted by Gasteiger charge is -2.16. The number of nitrogens with one attached hydrogen (secondary N) is 2. The summed E-state index contributed by atoms with van der Waals surface area (Å²) in [7, 11) is 0. The molecule has 1 saturated carbocycles. The minimum atomic E-state index is -0.0141. The van der Waals surface area contributed by atoms with Crippen LogP contribution in [0.1, 0.15) is 28.8 Å². The molecule has 116 valence electrons. The topological polar surface area (TPSA) is 44.9 Å². The van der Waals surface area contributed by atoms with Crippen molar-refractivity contribution in [3.05, 3.63) is 70.9 Å². The van der Waals surface area contributed by atoms with E-state index in [1.54, 1.807) is 0 Å². The summed E-state index contributed by atoms with van der Waals surface area (Å²) in [5.74, 6) is -0.0141. The molecule has 2 aromatic carbocycles. The molecule has 1 aliphatic carbocycles. The molecule has 3 nitrogen and oxygen atoms in total. The predicted octanol–water partition coefficient (Wildman–Crippen LogP) is 4.28. The molecule has 1 fully saturated rings. The summed E-state index contributed by atoms with van der Waals surface area (Å²) in [6, 6.07) is 15.3. The Labute approximate surface area is 139 Å². The van der Waals surface area contributed by atoms with Gasteiger partial charge < -0.3 is 10.3 Å². The van der Waals surface area contributed by atoms with Crippen LogP contribution in [0.15, 0.2) is 54.7 Å². The monoisotopic (exact) mass is 324 g/mol. The van der Waals surface area contributed by atoms with Crippen LogP contribution >= 0.6 is 11.6 Å². The fourth-order valence-electron chi connectivity index (χ4n) is 3.17. The highest BCUT2D eigenvalue weighted by Gasteiger charge is 2.45. The Balaban J connectivity index is 1.55. The van der Waals surface area contributed by atoms with E-state index >= 15 is 0 Å². The molecule has 4 rings (SSSR count). The number of fused-ring (bicyclic) bond motifs is 1. The lowest BCUT2D eigenvalue weighted by atomic mass is 9.95. The third-order valence-electron chi connectivity index (χ3n) is 4.69. The smallest absolute Gasteiger partial charge is 0.251 e. The molecular formula is C19H17ClN2O. The number of benzene rings is 2. The number of amides is 1. The van der Waals surface area contributed by atoms with Crippen LogP contribution in [0.4, 0.5) is 0 Å². The fourth-order valence-corrected chi connectivity index (χ4v) is 3.34. The van der Waals surface area contributed by atoms with E-state index in [9.17, 15) is 4.79 Å². The van der Waals surface area contributed by atoms with Crippen molar-refractivity contribution in [3.63, 3.8) is 0 Å². The van der Waals surface area contributed by atoms with Crippen molar-refractivity contribution in [2.75, 3.05) is 6.54 Å². The minimum Gasteiger partial charge on any atom is -0.361 e. The normalized spacial score (nSPS) is 15.5. The zero-order chi connectivity index (χ0) is 15.9. The van der Waals surface area contributed by atoms with Gasteiger partial charge in [-0.05, 0) is 42.7 Å². The number of hydrogen-bond donors (Lipinski definition) is 2. The van der Waals surface area contributed by atoms with Gasteiger partial charge in [0.15, 0.2) is 0 Å². The van der Waals surface area contributed by atoms with E-state index in [4.69, 9.17) is 11.6 Å². The number of hydrogen-bond acceptors (Lipinski definition) is 1. The summed E-state index contributed by atoms with van der Waals surface area (Å²) < 4.78 is 0. The maximum absolute atomic E-state index is 12.3. The van der Waals surface area contributed by atoms with E-state index < -0.39 is 0 Å². The Kier molecular flexibility index (Phi) is 3.38. The largest absolute Gasteiger partial charge is 0.361 e. The van der Waals surface area contributed by atoms with Crippen molar-refractivity contribution in [2.24, 2.45) is 0 Å². The van der Waals surface area contributed by atoms with E-state index in [2.05, 4.69) is 22.6 Å². The molecule has 0 aliphatic heterocycles. The highest BCUT2D eigenvalue weighted by atomic mass is 35.5. The first-order valence-corrected chi connectivity index (χ1v) is 8.16. The van der Waals surface area contributed by atoms with E-state index in [0.717, 1.165) is 23.4 Å². The fraction of sp³-hybridized carbons (Fsp3) is 0.211. The molecule has 3 aromatic rings. The molecule has 1 heterocycles. The highest BCUT2D eigenvalue weighted by molar-refractivity contribution is 6.31. The van der Waals surface area contributed by atoms with Crippen LogP contribution in [0.5, 0.6) is 0 Å². The molecule has 0 bridgehead atoms. The number of carbonyl (C=O) groups is 1. The number of aromatic amines is 1. The molecule has 0 unspecified atom stereocenters. The number of rotatable bonds is 4. The first-order chi connectivity index (χ1) is 11.2. The predicted molar refractivity (Wildman–Crippen MR) is 93.0 cm³/mol. The van der Waals surface area contributed by atoms with Crippen molar-refractivity contribution in [1.29, 1.82) is 0 Å². The van der Waals surface area contributed by atoms with Gasteiger partial charge in [0.2, 0.25) is 0 Å². The summed E-state index contributed by atoms with van der Waals surface area (Å²) in [5.41, 5.74) is 3.08. The molecule has 4 heteroatoms. The Hall–Kier alpha value is -2.26. The van der Waals surface area contributed by atoms with Crippen molar-refractivity contribution in [3.8, 4) is 0 Å². The lowest BCUT2D eigenvalue weighted by molar-refractivity contribution is 0.0949. The molecule has 0 atom stereocenters. The zero-order valence-electron chi connectivity index (χ0n) is 12.6. The summed E-state index contributed by atoms with van der Waals surface area (Å²) in [5, 5.41) is 5.01. The van der Waals surface area contributed by atoms with E-state index in [-0.39, 0.29) is 11.3 Å². The summed E-state index contributed by atoms with van der Waals surface area (Å²) >= 11 is 6.05. The average molecular weight is 325 g/mol. The molecule has 1 aliphatic rings. The van der Waals surface area contributed by atoms with Crippen LogP contribution in [0.3, 0.4) is 0 Å². The van der Waals surface area contributed by atoms with Gasteiger partial charge in [-0.2, -0.15) is 0 Å². The van der Waals surface area contributed by atoms with Gasteiger partial charge in [-0.3, -0.25) is 4.79 Å². The van der Waals surface area contributed by atoms with E-state index in [0.29, 0.717) is 12.1 Å². The van der Waals surface area contributed by atoms with Crippen molar-refractivity contribution in [2.45, 2.75) is 18.3 Å². The Morgan fingerprint density at radius 2 is 1.96 bits per heavy atom. The van der Waals surface area contributed by atoms with Gasteiger partial charge in [0.1, 0.15) is 0 Å². The molecule has 1 aromatic heterocycles. The van der Waals surface area contributed by atoms with Crippen LogP contribution in [0.25, 0.3) is 10.9 Å². The Bertz CT molecular complexity index is 865. The summed E-state index contributed by atoms with van der Waals surface area (Å²) in [6.07, 6.45) is 4.25. The molecule has 0 radical (unpaired) electrons. The van der Waals surface area contributed by atoms with Gasteiger partial charge in [0.05, 0.1) is 0 Å². The third-order valence-corrected chi connectivity index (χ3v) is 4.93. The van der Waals surface area contributed by atoms with Gasteiger partial charge in [-0.1, -0.05) is 35.9 Å². The molecule has 2 N–H and O–H groups in total. The SMILES string of the molecule is O=C(NCC1(c2c[nH]c3cc(Cl)ccc23)CC1)c1ccccc1. The zero-order valence-corrected chi connectivity index (χ0v) is 13.4. The molecule has 23 heavy (non-hydrogen) atoms. The Morgan fingerprint density at radius 3 is 2.70 bits per heavy atom. The standard InChI is InChI=1S/C19H17ClN2O/c20-14-6-7-15-16(11-21-17(15)10-14)19(8-9-19)12-22-18(23)13-4-2-1-3-5-13/h1-7,10-11,21H,8-9,12H2,(H,22,23). The molecule has 0 spiro atoms. The molecule has 1 amide bonds. The van der Waals surface area contributed by atoms with Gasteiger partial charge in [-0.15, -0.1) is 0 Å². The first-order valence-electron chi connectivity index (χ1n) is 7.78. The van der Waals surface area contributed by atoms with Gasteiger partial charge in [0, 0.05) is 39.6 Å². The van der Waals surface area contributed by atoms with Crippen molar-refractivity contribution < 1.29 is 4.79 Å². The number of aromatic nitrogens is 1. The van der Waals surface area contributed by atoms with Gasteiger partial charge in [-0.25, -0.2) is 0 Å². The number of halogens is 1. The quantitative estimate of drug-likeness (QED) is 0.739. The number of H-pyrrole nitrogens is 1. The third kappa shape index (κ3) is 2.62. The van der Waals surface area contributed by atoms with E-state index in [1.807, 2.05) is 42.5 Å². The van der Waals surface area contributed by atoms with Crippen molar-refractivity contribution in [1.82, 2.24) is 10.3 Å². The van der Waals surface area contributed by atoms with Crippen LogP contribution in [0.2, 0.25) is 5.02 Å². The molecular weight excluding hydrogens is 308 g/mol. The van der Waals surface area contributed by atoms with Crippen LogP contribution in [0, 0.1) is 0 Å². The van der Waals surface area contributed by atoms with Gasteiger partial charge in [0.25, 0.3) is 5.91 Å². The minimum absolute atomic E-state index is 0.0141. The second-order valence-corrected chi connectivity index (χ2v) is 6.66. The first kappa shape index (κ1) is 14.3. The molecule has 0 saturated heterocycles. The second kappa shape index (κ2) is 5.43. The van der Waals surface area contributed by atoms with Crippen LogP contribution in [-0.2, 0) is 5.41 Å². The van der Waals surface area contributed by atoms with E-state index in [1.165, 1.54) is 10.9 Å². The van der Waals surface area contributed by atoms with Crippen molar-refractivity contribution >= 4 is 28.4 Å². The van der Waals surface area contributed by atoms with Gasteiger partial charge >= 0.3 is 0 Å². The average Bonchev–Trinajstić information content (AvgIpc) is 3.25. The highest BCUT2D eigenvalue weighted by Crippen LogP contribution is 2.50. The Morgan fingerprint density at radius 1 is 1.17 bits per heavy atom. The maximum Gasteiger partial charge on any atom is 0.251 e. The maximum atomic E-state index is 12.3. The number of carbonyl (C=O) groups excluding carboxylic acids is 1. The van der Waals surface area contributed by atoms with Crippen LogP contribution in [-0.4, -0.2) is 17.4 Å². The second-order valence-electron chi connectivity index (χ2n) is 6.22.